The molecule has 1 amide bonds. The van der Waals surface area contributed by atoms with Crippen LogP contribution in [0.2, 0.25) is 5.02 Å². The van der Waals surface area contributed by atoms with Crippen LogP contribution in [0.1, 0.15) is 23.2 Å². The van der Waals surface area contributed by atoms with Crippen LogP contribution in [-0.2, 0) is 14.3 Å². The lowest BCUT2D eigenvalue weighted by Gasteiger charge is -2.11. The summed E-state index contributed by atoms with van der Waals surface area (Å²) in [6.07, 6.45) is 3.59. The van der Waals surface area contributed by atoms with Crippen molar-refractivity contribution in [2.45, 2.75) is 18.9 Å². The molecule has 1 aliphatic heterocycles. The highest BCUT2D eigenvalue weighted by Crippen LogP contribution is 2.17. The zero-order chi connectivity index (χ0) is 19.1. The summed E-state index contributed by atoms with van der Waals surface area (Å²) >= 11 is 5.72. The van der Waals surface area contributed by atoms with Crippen LogP contribution in [0.15, 0.2) is 42.6 Å². The first kappa shape index (κ1) is 19.1. The maximum absolute atomic E-state index is 12.0. The number of ether oxygens (including phenoxy) is 3. The molecule has 142 valence electrons. The highest BCUT2D eigenvalue weighted by molar-refractivity contribution is 6.30. The maximum atomic E-state index is 12.0. The number of halogens is 1. The number of aromatic nitrogens is 1. The van der Waals surface area contributed by atoms with E-state index < -0.39 is 18.5 Å². The van der Waals surface area contributed by atoms with E-state index in [-0.39, 0.29) is 6.10 Å². The van der Waals surface area contributed by atoms with Gasteiger partial charge in [-0.2, -0.15) is 0 Å². The van der Waals surface area contributed by atoms with E-state index in [4.69, 9.17) is 25.8 Å². The fraction of sp³-hybridized carbons (Fsp3) is 0.316. The quantitative estimate of drug-likeness (QED) is 0.731. The van der Waals surface area contributed by atoms with Crippen LogP contribution in [0.4, 0.5) is 5.82 Å². The van der Waals surface area contributed by atoms with Crippen molar-refractivity contribution in [2.75, 3.05) is 25.1 Å². The van der Waals surface area contributed by atoms with Crippen molar-refractivity contribution in [1.29, 1.82) is 0 Å². The summed E-state index contributed by atoms with van der Waals surface area (Å²) in [6, 6.07) is 9.69. The van der Waals surface area contributed by atoms with Crippen LogP contribution in [-0.4, -0.2) is 42.8 Å². The van der Waals surface area contributed by atoms with Gasteiger partial charge in [0.15, 0.2) is 6.61 Å². The molecule has 27 heavy (non-hydrogen) atoms. The number of pyridine rings is 1. The number of anilines is 1. The lowest BCUT2D eigenvalue weighted by Crippen LogP contribution is -2.21. The largest absolute Gasteiger partial charge is 0.491 e. The Morgan fingerprint density at radius 1 is 1.22 bits per heavy atom. The van der Waals surface area contributed by atoms with Gasteiger partial charge in [-0.15, -0.1) is 0 Å². The van der Waals surface area contributed by atoms with Gasteiger partial charge in [0.2, 0.25) is 0 Å². The molecule has 8 heteroatoms. The van der Waals surface area contributed by atoms with Gasteiger partial charge in [-0.1, -0.05) is 11.6 Å². The average Bonchev–Trinajstić information content (AvgIpc) is 3.20. The number of hydrogen-bond acceptors (Lipinski definition) is 6. The Labute approximate surface area is 161 Å². The first-order valence-corrected chi connectivity index (χ1v) is 8.91. The molecule has 3 rings (SSSR count). The monoisotopic (exact) mass is 390 g/mol. The third kappa shape index (κ3) is 5.94. The normalized spacial score (nSPS) is 16.0. The van der Waals surface area contributed by atoms with Crippen LogP contribution < -0.4 is 10.1 Å². The number of benzene rings is 1. The van der Waals surface area contributed by atoms with Gasteiger partial charge in [0.1, 0.15) is 18.2 Å². The molecule has 0 bridgehead atoms. The molecule has 1 atom stereocenters. The summed E-state index contributed by atoms with van der Waals surface area (Å²) < 4.78 is 16.1. The number of carbonyl (C=O) groups excluding carboxylic acids is 2. The van der Waals surface area contributed by atoms with Gasteiger partial charge in [0.25, 0.3) is 5.91 Å². The van der Waals surface area contributed by atoms with Crippen molar-refractivity contribution >= 4 is 29.3 Å². The van der Waals surface area contributed by atoms with E-state index >= 15 is 0 Å². The molecule has 0 saturated carbocycles. The van der Waals surface area contributed by atoms with E-state index in [1.807, 2.05) is 0 Å². The Morgan fingerprint density at radius 2 is 2.04 bits per heavy atom. The molecule has 1 aromatic heterocycles. The van der Waals surface area contributed by atoms with Crippen LogP contribution >= 0.6 is 11.6 Å². The van der Waals surface area contributed by atoms with Crippen molar-refractivity contribution in [2.24, 2.45) is 0 Å². The van der Waals surface area contributed by atoms with Gasteiger partial charge in [-0.05, 0) is 49.2 Å². The van der Waals surface area contributed by atoms with E-state index in [2.05, 4.69) is 10.3 Å². The van der Waals surface area contributed by atoms with Gasteiger partial charge < -0.3 is 19.5 Å². The Bertz CT molecular complexity index is 774. The third-order valence-corrected chi connectivity index (χ3v) is 4.10. The number of hydrogen-bond donors (Lipinski definition) is 1. The number of rotatable bonds is 7. The van der Waals surface area contributed by atoms with Gasteiger partial charge in [-0.3, -0.25) is 4.79 Å². The van der Waals surface area contributed by atoms with E-state index in [0.717, 1.165) is 19.4 Å². The average molecular weight is 391 g/mol. The minimum Gasteiger partial charge on any atom is -0.491 e. The molecule has 0 aliphatic carbocycles. The van der Waals surface area contributed by atoms with Crippen LogP contribution in [0.3, 0.4) is 0 Å². The number of nitrogens with zero attached hydrogens (tertiary/aromatic N) is 1. The second-order valence-electron chi connectivity index (χ2n) is 5.96. The lowest BCUT2D eigenvalue weighted by atomic mass is 10.2. The topological polar surface area (TPSA) is 86.8 Å². The predicted molar refractivity (Wildman–Crippen MR) is 99.1 cm³/mol. The lowest BCUT2D eigenvalue weighted by molar-refractivity contribution is -0.119. The highest BCUT2D eigenvalue weighted by Gasteiger charge is 2.16. The van der Waals surface area contributed by atoms with Crippen LogP contribution in [0.5, 0.6) is 5.75 Å². The Morgan fingerprint density at radius 3 is 2.70 bits per heavy atom. The minimum atomic E-state index is -0.597. The van der Waals surface area contributed by atoms with E-state index in [1.54, 1.807) is 36.4 Å². The van der Waals surface area contributed by atoms with Gasteiger partial charge in [-0.25, -0.2) is 9.78 Å². The minimum absolute atomic E-state index is 0.128. The molecule has 1 aliphatic rings. The Balaban J connectivity index is 1.43. The van der Waals surface area contributed by atoms with Gasteiger partial charge in [0, 0.05) is 12.8 Å². The Hall–Kier alpha value is -2.64. The standard InChI is InChI=1S/C19H19ClN2O5/c20-14-5-8-17(21-10-14)22-18(23)12-27-19(24)13-3-6-15(7-4-13)26-11-16-2-1-9-25-16/h3-8,10,16H,1-2,9,11-12H2,(H,21,22,23)/t16-/m1/s1. The second kappa shape index (κ2) is 9.34. The molecular weight excluding hydrogens is 372 g/mol. The molecular formula is C19H19ClN2O5. The molecule has 0 unspecified atom stereocenters. The zero-order valence-electron chi connectivity index (χ0n) is 14.5. The first-order chi connectivity index (χ1) is 13.1. The van der Waals surface area contributed by atoms with Crippen molar-refractivity contribution in [3.05, 3.63) is 53.2 Å². The zero-order valence-corrected chi connectivity index (χ0v) is 15.3. The van der Waals surface area contributed by atoms with Crippen molar-refractivity contribution in [3.63, 3.8) is 0 Å². The first-order valence-electron chi connectivity index (χ1n) is 8.53. The molecule has 1 saturated heterocycles. The second-order valence-corrected chi connectivity index (χ2v) is 6.39. The van der Waals surface area contributed by atoms with Crippen LogP contribution in [0.25, 0.3) is 0 Å². The summed E-state index contributed by atoms with van der Waals surface area (Å²) in [6.45, 7) is 0.851. The molecule has 1 aromatic carbocycles. The molecule has 7 nitrogen and oxygen atoms in total. The predicted octanol–water partition coefficient (Wildman–Crippen LogP) is 3.09. The summed E-state index contributed by atoms with van der Waals surface area (Å²) in [7, 11) is 0. The molecule has 2 aromatic rings. The summed E-state index contributed by atoms with van der Waals surface area (Å²) in [5.74, 6) is -0.114. The molecule has 0 spiro atoms. The third-order valence-electron chi connectivity index (χ3n) is 3.88. The van der Waals surface area contributed by atoms with Crippen molar-refractivity contribution < 1.29 is 23.8 Å². The number of amides is 1. The number of esters is 1. The van der Waals surface area contributed by atoms with Gasteiger partial charge in [0.05, 0.1) is 16.7 Å². The highest BCUT2D eigenvalue weighted by atomic mass is 35.5. The number of carbonyl (C=O) groups is 2. The van der Waals surface area contributed by atoms with Crippen molar-refractivity contribution in [3.8, 4) is 5.75 Å². The molecule has 0 radical (unpaired) electrons. The smallest absolute Gasteiger partial charge is 0.338 e. The summed E-state index contributed by atoms with van der Waals surface area (Å²) in [4.78, 5) is 27.8. The number of nitrogens with one attached hydrogen (secondary N) is 1. The van der Waals surface area contributed by atoms with Crippen molar-refractivity contribution in [1.82, 2.24) is 4.98 Å². The SMILES string of the molecule is O=C(COC(=O)c1ccc(OC[C@H]2CCCO2)cc1)Nc1ccc(Cl)cn1. The van der Waals surface area contributed by atoms with Gasteiger partial charge >= 0.3 is 5.97 Å². The fourth-order valence-corrected chi connectivity index (χ4v) is 2.61. The fourth-order valence-electron chi connectivity index (χ4n) is 2.50. The summed E-state index contributed by atoms with van der Waals surface area (Å²) in [5, 5.41) is 2.97. The van der Waals surface area contributed by atoms with Crippen LogP contribution in [0, 0.1) is 0 Å². The molecule has 1 N–H and O–H groups in total. The van der Waals surface area contributed by atoms with E-state index in [9.17, 15) is 9.59 Å². The molecule has 1 fully saturated rings. The van der Waals surface area contributed by atoms with E-state index in [1.165, 1.54) is 6.20 Å². The maximum Gasteiger partial charge on any atom is 0.338 e. The summed E-state index contributed by atoms with van der Waals surface area (Å²) in [5.41, 5.74) is 0.330. The Kier molecular flexibility index (Phi) is 6.62. The van der Waals surface area contributed by atoms with E-state index in [0.29, 0.717) is 28.8 Å². The molecule has 2 heterocycles.